The molecule has 5 heteroatoms. The number of hydrogen-bond donors (Lipinski definition) is 2. The maximum atomic E-state index is 6.09. The average molecular weight is 327 g/mol. The average Bonchev–Trinajstić information content (AvgIpc) is 2.58. The molecule has 0 radical (unpaired) electrons. The number of hydrogen-bond acceptors (Lipinski definition) is 5. The highest BCUT2D eigenvalue weighted by Crippen LogP contribution is 2.41. The Labute approximate surface area is 143 Å². The number of anilines is 1. The van der Waals surface area contributed by atoms with Crippen molar-refractivity contribution < 1.29 is 9.47 Å². The summed E-state index contributed by atoms with van der Waals surface area (Å²) in [6, 6.07) is 8.03. The molecule has 0 bridgehead atoms. The summed E-state index contributed by atoms with van der Waals surface area (Å²) < 4.78 is 11.8. The molecule has 1 aliphatic rings. The van der Waals surface area contributed by atoms with E-state index in [1.165, 1.54) is 0 Å². The van der Waals surface area contributed by atoms with Crippen molar-refractivity contribution in [2.75, 3.05) is 19.0 Å². The number of rotatable bonds is 6. The Morgan fingerprint density at radius 3 is 2.88 bits per heavy atom. The largest absolute Gasteiger partial charge is 0.492 e. The zero-order valence-electron chi connectivity index (χ0n) is 14.5. The molecule has 0 saturated heterocycles. The molecule has 2 heterocycles. The second kappa shape index (κ2) is 7.09. The van der Waals surface area contributed by atoms with Crippen LogP contribution in [0.1, 0.15) is 25.8 Å². The fourth-order valence-corrected chi connectivity index (χ4v) is 3.07. The lowest BCUT2D eigenvalue weighted by Gasteiger charge is -2.23. The highest BCUT2D eigenvalue weighted by atomic mass is 16.5. The van der Waals surface area contributed by atoms with Crippen LogP contribution in [0.25, 0.3) is 11.1 Å². The molecule has 24 heavy (non-hydrogen) atoms. The first-order chi connectivity index (χ1) is 11.6. The molecule has 2 aromatic rings. The summed E-state index contributed by atoms with van der Waals surface area (Å²) in [5, 5.41) is 3.12. The molecule has 1 aromatic carbocycles. The summed E-state index contributed by atoms with van der Waals surface area (Å²) in [4.78, 5) is 4.34. The number of pyridine rings is 1. The predicted octanol–water partition coefficient (Wildman–Crippen LogP) is 3.43. The van der Waals surface area contributed by atoms with Crippen LogP contribution >= 0.6 is 0 Å². The lowest BCUT2D eigenvalue weighted by atomic mass is 9.98. The Bertz CT molecular complexity index is 716. The minimum Gasteiger partial charge on any atom is -0.492 e. The van der Waals surface area contributed by atoms with E-state index in [4.69, 9.17) is 15.2 Å². The first-order valence-corrected chi connectivity index (χ1v) is 8.39. The van der Waals surface area contributed by atoms with Gasteiger partial charge in [0.2, 0.25) is 0 Å². The number of fused-ring (bicyclic) bond motifs is 3. The topological polar surface area (TPSA) is 69.4 Å². The Kier molecular flexibility index (Phi) is 4.90. The number of nitrogens with zero attached hydrogens (tertiary/aromatic N) is 1. The summed E-state index contributed by atoms with van der Waals surface area (Å²) >= 11 is 0. The zero-order chi connectivity index (χ0) is 17.1. The molecule has 3 rings (SSSR count). The molecule has 1 atom stereocenters. The molecular formula is C19H25N3O2. The summed E-state index contributed by atoms with van der Waals surface area (Å²) in [7, 11) is 1.87. The van der Waals surface area contributed by atoms with Crippen molar-refractivity contribution >= 4 is 5.82 Å². The van der Waals surface area contributed by atoms with Crippen molar-refractivity contribution in [1.29, 1.82) is 0 Å². The smallest absolute Gasteiger partial charge is 0.132 e. The van der Waals surface area contributed by atoms with Gasteiger partial charge in [0.1, 0.15) is 30.5 Å². The number of ether oxygens (including phenoxy) is 2. The molecule has 128 valence electrons. The van der Waals surface area contributed by atoms with E-state index in [1.807, 2.05) is 37.5 Å². The van der Waals surface area contributed by atoms with Gasteiger partial charge in [-0.3, -0.25) is 0 Å². The van der Waals surface area contributed by atoms with Gasteiger partial charge in [-0.15, -0.1) is 0 Å². The summed E-state index contributed by atoms with van der Waals surface area (Å²) in [5.74, 6) is 3.06. The standard InChI is InChI=1S/C19H25N3O2/c1-12(2)8-13(20)10-23-14-4-5-16-15-6-7-22-19(21-3)17(15)11-24-18(16)9-14/h4-7,9,12-13H,8,10-11,20H2,1-3H3,(H,21,22). The molecular weight excluding hydrogens is 302 g/mol. The number of aromatic nitrogens is 1. The minimum atomic E-state index is 0.0481. The number of nitrogens with two attached hydrogens (primary N) is 1. The van der Waals surface area contributed by atoms with E-state index in [-0.39, 0.29) is 6.04 Å². The lowest BCUT2D eigenvalue weighted by molar-refractivity contribution is 0.265. The SMILES string of the molecule is CNc1nccc2c1COc1cc(OCC(N)CC(C)C)ccc1-2. The van der Waals surface area contributed by atoms with E-state index in [2.05, 4.69) is 24.1 Å². The first kappa shape index (κ1) is 16.6. The highest BCUT2D eigenvalue weighted by molar-refractivity contribution is 5.78. The molecule has 0 fully saturated rings. The molecule has 0 amide bonds. The van der Waals surface area contributed by atoms with E-state index < -0.39 is 0 Å². The summed E-state index contributed by atoms with van der Waals surface area (Å²) in [6.07, 6.45) is 2.77. The number of nitrogens with one attached hydrogen (secondary N) is 1. The monoisotopic (exact) mass is 327 g/mol. The van der Waals surface area contributed by atoms with Crippen molar-refractivity contribution in [1.82, 2.24) is 4.98 Å². The highest BCUT2D eigenvalue weighted by Gasteiger charge is 2.21. The van der Waals surface area contributed by atoms with Crippen molar-refractivity contribution in [3.05, 3.63) is 36.0 Å². The van der Waals surface area contributed by atoms with Crippen molar-refractivity contribution in [3.8, 4) is 22.6 Å². The third-order valence-corrected chi connectivity index (χ3v) is 4.15. The fourth-order valence-electron chi connectivity index (χ4n) is 3.07. The minimum absolute atomic E-state index is 0.0481. The van der Waals surface area contributed by atoms with Gasteiger partial charge in [-0.25, -0.2) is 4.98 Å². The summed E-state index contributed by atoms with van der Waals surface area (Å²) in [5.41, 5.74) is 9.38. The third-order valence-electron chi connectivity index (χ3n) is 4.15. The molecule has 1 aromatic heterocycles. The van der Waals surface area contributed by atoms with Crippen LogP contribution in [0.4, 0.5) is 5.82 Å². The molecule has 1 aliphatic heterocycles. The maximum absolute atomic E-state index is 6.09. The van der Waals surface area contributed by atoms with Crippen LogP contribution in [0.5, 0.6) is 11.5 Å². The van der Waals surface area contributed by atoms with Gasteiger partial charge < -0.3 is 20.5 Å². The van der Waals surface area contributed by atoms with Crippen LogP contribution in [0, 0.1) is 5.92 Å². The Hall–Kier alpha value is -2.27. The third kappa shape index (κ3) is 3.46. The van der Waals surface area contributed by atoms with E-state index in [0.29, 0.717) is 19.1 Å². The molecule has 0 aliphatic carbocycles. The quantitative estimate of drug-likeness (QED) is 0.850. The van der Waals surface area contributed by atoms with Gasteiger partial charge in [0, 0.05) is 36.5 Å². The van der Waals surface area contributed by atoms with Crippen LogP contribution < -0.4 is 20.5 Å². The van der Waals surface area contributed by atoms with Crippen molar-refractivity contribution in [3.63, 3.8) is 0 Å². The Balaban J connectivity index is 1.78. The summed E-state index contributed by atoms with van der Waals surface area (Å²) in [6.45, 7) is 5.35. The van der Waals surface area contributed by atoms with Crippen molar-refractivity contribution in [2.45, 2.75) is 32.9 Å². The Morgan fingerprint density at radius 2 is 2.12 bits per heavy atom. The van der Waals surface area contributed by atoms with Crippen molar-refractivity contribution in [2.24, 2.45) is 11.7 Å². The van der Waals surface area contributed by atoms with Gasteiger partial charge in [0.25, 0.3) is 0 Å². The van der Waals surface area contributed by atoms with E-state index in [9.17, 15) is 0 Å². The van der Waals surface area contributed by atoms with E-state index in [0.717, 1.165) is 40.4 Å². The molecule has 0 spiro atoms. The van der Waals surface area contributed by atoms with E-state index in [1.54, 1.807) is 0 Å². The van der Waals surface area contributed by atoms with Gasteiger partial charge in [-0.2, -0.15) is 0 Å². The Morgan fingerprint density at radius 1 is 1.29 bits per heavy atom. The van der Waals surface area contributed by atoms with Gasteiger partial charge in [0.05, 0.1) is 0 Å². The maximum Gasteiger partial charge on any atom is 0.132 e. The van der Waals surface area contributed by atoms with Crippen LogP contribution in [0.15, 0.2) is 30.5 Å². The van der Waals surface area contributed by atoms with Crippen LogP contribution in [-0.4, -0.2) is 24.7 Å². The molecule has 1 unspecified atom stereocenters. The lowest BCUT2D eigenvalue weighted by Crippen LogP contribution is -2.29. The van der Waals surface area contributed by atoms with Gasteiger partial charge in [0.15, 0.2) is 0 Å². The fraction of sp³-hybridized carbons (Fsp3) is 0.421. The molecule has 5 nitrogen and oxygen atoms in total. The predicted molar refractivity (Wildman–Crippen MR) is 96.5 cm³/mol. The normalized spacial score (nSPS) is 13.7. The van der Waals surface area contributed by atoms with Gasteiger partial charge in [-0.1, -0.05) is 13.8 Å². The van der Waals surface area contributed by atoms with Gasteiger partial charge in [-0.05, 0) is 36.1 Å². The van der Waals surface area contributed by atoms with Gasteiger partial charge >= 0.3 is 0 Å². The number of benzene rings is 1. The second-order valence-corrected chi connectivity index (χ2v) is 6.58. The zero-order valence-corrected chi connectivity index (χ0v) is 14.5. The van der Waals surface area contributed by atoms with E-state index >= 15 is 0 Å². The second-order valence-electron chi connectivity index (χ2n) is 6.58. The molecule has 0 saturated carbocycles. The first-order valence-electron chi connectivity index (χ1n) is 8.39. The molecule has 3 N–H and O–H groups in total. The van der Waals surface area contributed by atoms with Crippen LogP contribution in [0.3, 0.4) is 0 Å². The van der Waals surface area contributed by atoms with Crippen LogP contribution in [0.2, 0.25) is 0 Å². The van der Waals surface area contributed by atoms with Crippen LogP contribution in [-0.2, 0) is 6.61 Å².